The molecular formula is C11H11Cl2NO2. The highest BCUT2D eigenvalue weighted by molar-refractivity contribution is 6.42. The van der Waals surface area contributed by atoms with Crippen molar-refractivity contribution in [3.05, 3.63) is 33.8 Å². The van der Waals surface area contributed by atoms with Crippen LogP contribution >= 0.6 is 23.2 Å². The molecule has 1 aromatic carbocycles. The summed E-state index contributed by atoms with van der Waals surface area (Å²) in [6, 6.07) is 5.47. The van der Waals surface area contributed by atoms with Gasteiger partial charge in [-0.1, -0.05) is 29.3 Å². The Labute approximate surface area is 104 Å². The van der Waals surface area contributed by atoms with Gasteiger partial charge in [0.15, 0.2) is 0 Å². The van der Waals surface area contributed by atoms with E-state index in [1.165, 1.54) is 7.11 Å². The van der Waals surface area contributed by atoms with Crippen LogP contribution in [-0.4, -0.2) is 13.0 Å². The van der Waals surface area contributed by atoms with Gasteiger partial charge in [0.1, 0.15) is 0 Å². The maximum Gasteiger partial charge on any atom is 0.247 e. The predicted octanol–water partition coefficient (Wildman–Crippen LogP) is 2.77. The first-order chi connectivity index (χ1) is 7.63. The summed E-state index contributed by atoms with van der Waals surface area (Å²) >= 11 is 11.7. The maximum absolute atomic E-state index is 11.4. The van der Waals surface area contributed by atoms with Crippen LogP contribution in [0, 0.1) is 5.92 Å². The first-order valence-electron chi connectivity index (χ1n) is 4.91. The van der Waals surface area contributed by atoms with Crippen LogP contribution in [0.2, 0.25) is 10.0 Å². The van der Waals surface area contributed by atoms with Crippen molar-refractivity contribution in [2.45, 2.75) is 12.3 Å². The molecule has 0 unspecified atom stereocenters. The number of rotatable bonds is 3. The Morgan fingerprint density at radius 2 is 2.19 bits per heavy atom. The van der Waals surface area contributed by atoms with Crippen molar-refractivity contribution in [2.24, 2.45) is 5.92 Å². The smallest absolute Gasteiger partial charge is 0.247 e. The molecule has 1 saturated carbocycles. The van der Waals surface area contributed by atoms with E-state index in [4.69, 9.17) is 23.2 Å². The van der Waals surface area contributed by atoms with Crippen LogP contribution in [0.15, 0.2) is 18.2 Å². The lowest BCUT2D eigenvalue weighted by atomic mass is 10.1. The summed E-state index contributed by atoms with van der Waals surface area (Å²) < 4.78 is 0. The molecule has 2 rings (SSSR count). The van der Waals surface area contributed by atoms with Gasteiger partial charge < -0.3 is 0 Å². The topological polar surface area (TPSA) is 38.3 Å². The molecule has 1 fully saturated rings. The molecule has 0 heterocycles. The Morgan fingerprint density at radius 1 is 1.44 bits per heavy atom. The van der Waals surface area contributed by atoms with E-state index in [0.29, 0.717) is 10.0 Å². The Hall–Kier alpha value is -0.770. The highest BCUT2D eigenvalue weighted by Gasteiger charge is 2.44. The minimum atomic E-state index is -0.0847. The standard InChI is InChI=1S/C11H11Cl2NO2/c1-16-14-11(15)8-5-7(8)6-2-3-9(12)10(13)4-6/h2-4,7-8H,5H2,1H3,(H,14,15)/t7-,8-/m1/s1. The fraction of sp³-hybridized carbons (Fsp3) is 0.364. The highest BCUT2D eigenvalue weighted by Crippen LogP contribution is 2.48. The Morgan fingerprint density at radius 3 is 2.81 bits per heavy atom. The second-order valence-electron chi connectivity index (χ2n) is 3.79. The van der Waals surface area contributed by atoms with Gasteiger partial charge in [-0.3, -0.25) is 9.63 Å². The lowest BCUT2D eigenvalue weighted by Gasteiger charge is -2.03. The van der Waals surface area contributed by atoms with Crippen LogP contribution in [-0.2, 0) is 9.63 Å². The third-order valence-corrected chi connectivity index (χ3v) is 3.44. The normalized spacial score (nSPS) is 22.9. The van der Waals surface area contributed by atoms with Gasteiger partial charge in [-0.05, 0) is 30.0 Å². The third-order valence-electron chi connectivity index (χ3n) is 2.70. The number of hydroxylamine groups is 1. The summed E-state index contributed by atoms with van der Waals surface area (Å²) in [6.45, 7) is 0. The second-order valence-corrected chi connectivity index (χ2v) is 4.61. The average molecular weight is 260 g/mol. The zero-order valence-corrected chi connectivity index (χ0v) is 10.2. The van der Waals surface area contributed by atoms with Gasteiger partial charge in [0.2, 0.25) is 5.91 Å². The molecule has 3 nitrogen and oxygen atoms in total. The van der Waals surface area contributed by atoms with Crippen molar-refractivity contribution >= 4 is 29.1 Å². The fourth-order valence-electron chi connectivity index (χ4n) is 1.77. The Balaban J connectivity index is 2.06. The number of carbonyl (C=O) groups excluding carboxylic acids is 1. The molecule has 16 heavy (non-hydrogen) atoms. The van der Waals surface area contributed by atoms with Gasteiger partial charge >= 0.3 is 0 Å². The Kier molecular flexibility index (Phi) is 3.38. The van der Waals surface area contributed by atoms with Crippen molar-refractivity contribution in [1.29, 1.82) is 0 Å². The number of amides is 1. The van der Waals surface area contributed by atoms with E-state index in [2.05, 4.69) is 10.3 Å². The van der Waals surface area contributed by atoms with Crippen LogP contribution < -0.4 is 5.48 Å². The summed E-state index contributed by atoms with van der Waals surface area (Å²) in [6.07, 6.45) is 0.827. The largest absolute Gasteiger partial charge is 0.277 e. The predicted molar refractivity (Wildman–Crippen MR) is 62.5 cm³/mol. The Bertz CT molecular complexity index is 422. The van der Waals surface area contributed by atoms with E-state index < -0.39 is 0 Å². The first-order valence-corrected chi connectivity index (χ1v) is 5.67. The van der Waals surface area contributed by atoms with E-state index in [0.717, 1.165) is 12.0 Å². The van der Waals surface area contributed by atoms with Gasteiger partial charge in [0.25, 0.3) is 0 Å². The zero-order valence-electron chi connectivity index (χ0n) is 8.67. The molecule has 0 bridgehead atoms. The molecule has 5 heteroatoms. The molecule has 1 amide bonds. The van der Waals surface area contributed by atoms with E-state index in [9.17, 15) is 4.79 Å². The molecule has 1 aromatic rings. The molecule has 0 radical (unpaired) electrons. The number of carbonyl (C=O) groups is 1. The SMILES string of the molecule is CONC(=O)[C@@H]1C[C@@H]1c1ccc(Cl)c(Cl)c1. The van der Waals surface area contributed by atoms with Gasteiger partial charge in [-0.25, -0.2) is 5.48 Å². The van der Waals surface area contributed by atoms with E-state index in [-0.39, 0.29) is 17.7 Å². The minimum absolute atomic E-state index is 0.0165. The van der Waals surface area contributed by atoms with Crippen molar-refractivity contribution < 1.29 is 9.63 Å². The lowest BCUT2D eigenvalue weighted by Crippen LogP contribution is -2.23. The van der Waals surface area contributed by atoms with E-state index in [1.54, 1.807) is 6.07 Å². The summed E-state index contributed by atoms with van der Waals surface area (Å²) in [5, 5.41) is 1.06. The molecule has 1 N–H and O–H groups in total. The molecule has 86 valence electrons. The quantitative estimate of drug-likeness (QED) is 0.848. The van der Waals surface area contributed by atoms with Gasteiger partial charge in [0, 0.05) is 5.92 Å². The number of nitrogens with one attached hydrogen (secondary N) is 1. The molecular weight excluding hydrogens is 249 g/mol. The van der Waals surface area contributed by atoms with Crippen LogP contribution in [0.3, 0.4) is 0 Å². The van der Waals surface area contributed by atoms with Crippen LogP contribution in [0.1, 0.15) is 17.9 Å². The molecule has 0 aliphatic heterocycles. The molecule has 0 spiro atoms. The van der Waals surface area contributed by atoms with Crippen LogP contribution in [0.5, 0.6) is 0 Å². The summed E-state index contributed by atoms with van der Waals surface area (Å²) in [7, 11) is 1.43. The third kappa shape index (κ3) is 2.32. The minimum Gasteiger partial charge on any atom is -0.277 e. The number of hydrogen-bond acceptors (Lipinski definition) is 2. The fourth-order valence-corrected chi connectivity index (χ4v) is 2.08. The zero-order chi connectivity index (χ0) is 11.7. The van der Waals surface area contributed by atoms with Gasteiger partial charge in [-0.2, -0.15) is 0 Å². The number of hydrogen-bond donors (Lipinski definition) is 1. The highest BCUT2D eigenvalue weighted by atomic mass is 35.5. The van der Waals surface area contributed by atoms with Gasteiger partial charge in [-0.15, -0.1) is 0 Å². The first kappa shape index (κ1) is 11.7. The average Bonchev–Trinajstić information content (AvgIpc) is 3.02. The molecule has 1 aliphatic rings. The molecule has 0 aromatic heterocycles. The molecule has 0 saturated heterocycles. The lowest BCUT2D eigenvalue weighted by molar-refractivity contribution is -0.132. The van der Waals surface area contributed by atoms with Crippen LogP contribution in [0.4, 0.5) is 0 Å². The van der Waals surface area contributed by atoms with Crippen molar-refractivity contribution in [3.8, 4) is 0 Å². The number of benzene rings is 1. The summed E-state index contributed by atoms with van der Waals surface area (Å²) in [4.78, 5) is 16.0. The van der Waals surface area contributed by atoms with Gasteiger partial charge in [0.05, 0.1) is 17.2 Å². The van der Waals surface area contributed by atoms with E-state index >= 15 is 0 Å². The second kappa shape index (κ2) is 4.62. The monoisotopic (exact) mass is 259 g/mol. The maximum atomic E-state index is 11.4. The van der Waals surface area contributed by atoms with Crippen molar-refractivity contribution in [1.82, 2.24) is 5.48 Å². The summed E-state index contributed by atoms with van der Waals surface area (Å²) in [5.74, 6) is 0.126. The van der Waals surface area contributed by atoms with Crippen molar-refractivity contribution in [3.63, 3.8) is 0 Å². The van der Waals surface area contributed by atoms with Crippen molar-refractivity contribution in [2.75, 3.05) is 7.11 Å². The van der Waals surface area contributed by atoms with Crippen LogP contribution in [0.25, 0.3) is 0 Å². The molecule has 2 atom stereocenters. The summed E-state index contributed by atoms with van der Waals surface area (Å²) in [5.41, 5.74) is 3.38. The van der Waals surface area contributed by atoms with E-state index in [1.807, 2.05) is 12.1 Å². The number of halogens is 2. The molecule has 1 aliphatic carbocycles.